The third kappa shape index (κ3) is 5.53. The first-order valence-electron chi connectivity index (χ1n) is 9.30. The lowest BCUT2D eigenvalue weighted by Crippen LogP contribution is -2.38. The second-order valence-electron chi connectivity index (χ2n) is 7.22. The molecule has 0 bridgehead atoms. The van der Waals surface area contributed by atoms with Crippen LogP contribution in [0.3, 0.4) is 0 Å². The Balaban J connectivity index is 1.48. The Hall–Kier alpha value is -2.41. The van der Waals surface area contributed by atoms with Crippen LogP contribution in [0.15, 0.2) is 36.7 Å². The zero-order chi connectivity index (χ0) is 19.3. The van der Waals surface area contributed by atoms with Crippen LogP contribution in [0.25, 0.3) is 0 Å². The lowest BCUT2D eigenvalue weighted by molar-refractivity contribution is -0.131. The molecule has 1 aliphatic heterocycles. The molecule has 0 spiro atoms. The highest BCUT2D eigenvalue weighted by molar-refractivity contribution is 5.76. The maximum Gasteiger partial charge on any atom is 0.222 e. The van der Waals surface area contributed by atoms with Crippen molar-refractivity contribution in [1.29, 1.82) is 0 Å². The van der Waals surface area contributed by atoms with Gasteiger partial charge < -0.3 is 14.7 Å². The molecule has 1 N–H and O–H groups in total. The van der Waals surface area contributed by atoms with Gasteiger partial charge >= 0.3 is 0 Å². The van der Waals surface area contributed by atoms with E-state index in [1.54, 1.807) is 23.0 Å². The van der Waals surface area contributed by atoms with Crippen molar-refractivity contribution in [2.45, 2.75) is 37.7 Å². The number of carbonyl (C=O) groups excluding carboxylic acids is 1. The Morgan fingerprint density at radius 2 is 2.07 bits per heavy atom. The lowest BCUT2D eigenvalue weighted by Gasteiger charge is -2.27. The van der Waals surface area contributed by atoms with Crippen LogP contribution in [0.2, 0.25) is 0 Å². The third-order valence-corrected chi connectivity index (χ3v) is 4.98. The summed E-state index contributed by atoms with van der Waals surface area (Å²) < 4.78 is 20.3. The summed E-state index contributed by atoms with van der Waals surface area (Å²) in [6.07, 6.45) is 6.56. The minimum atomic E-state index is -0.979. The number of nitrogens with zero attached hydrogens (tertiary/aromatic N) is 3. The van der Waals surface area contributed by atoms with Crippen molar-refractivity contribution < 1.29 is 19.0 Å². The zero-order valence-corrected chi connectivity index (χ0v) is 15.6. The lowest BCUT2D eigenvalue weighted by atomic mass is 9.96. The van der Waals surface area contributed by atoms with Gasteiger partial charge in [0.2, 0.25) is 5.91 Å². The fourth-order valence-corrected chi connectivity index (χ4v) is 3.33. The van der Waals surface area contributed by atoms with Crippen LogP contribution in [-0.2, 0) is 18.3 Å². The molecule has 2 aromatic rings. The van der Waals surface area contributed by atoms with E-state index in [9.17, 15) is 14.3 Å². The SMILES string of the molecule is Cn1cc(CCC(=O)N2CCCC(O)(COc3ccc(F)cc3)CC2)cn1. The van der Waals surface area contributed by atoms with Crippen molar-refractivity contribution in [3.8, 4) is 5.75 Å². The second kappa shape index (κ2) is 8.52. The van der Waals surface area contributed by atoms with Crippen molar-refractivity contribution in [1.82, 2.24) is 14.7 Å². The molecule has 6 nitrogen and oxygen atoms in total. The highest BCUT2D eigenvalue weighted by atomic mass is 19.1. The van der Waals surface area contributed by atoms with E-state index in [0.717, 1.165) is 12.0 Å². The summed E-state index contributed by atoms with van der Waals surface area (Å²) in [4.78, 5) is 14.3. The van der Waals surface area contributed by atoms with Crippen LogP contribution in [0.1, 0.15) is 31.2 Å². The number of aromatic nitrogens is 2. The Bertz CT molecular complexity index is 762. The molecule has 146 valence electrons. The zero-order valence-electron chi connectivity index (χ0n) is 15.6. The number of rotatable bonds is 6. The number of ether oxygens (including phenoxy) is 1. The van der Waals surface area contributed by atoms with Crippen LogP contribution >= 0.6 is 0 Å². The number of aliphatic hydroxyl groups is 1. The molecule has 27 heavy (non-hydrogen) atoms. The molecule has 1 saturated heterocycles. The normalized spacial score (nSPS) is 20.3. The molecule has 3 rings (SSSR count). The molecule has 1 fully saturated rings. The Kier molecular flexibility index (Phi) is 6.11. The van der Waals surface area contributed by atoms with Gasteiger partial charge in [-0.25, -0.2) is 4.39 Å². The predicted molar refractivity (Wildman–Crippen MR) is 98.8 cm³/mol. The highest BCUT2D eigenvalue weighted by Gasteiger charge is 2.32. The van der Waals surface area contributed by atoms with E-state index in [0.29, 0.717) is 44.5 Å². The second-order valence-corrected chi connectivity index (χ2v) is 7.22. The van der Waals surface area contributed by atoms with E-state index >= 15 is 0 Å². The summed E-state index contributed by atoms with van der Waals surface area (Å²) in [7, 11) is 1.86. The van der Waals surface area contributed by atoms with E-state index in [-0.39, 0.29) is 18.3 Å². The van der Waals surface area contributed by atoms with Gasteiger partial charge in [-0.15, -0.1) is 0 Å². The van der Waals surface area contributed by atoms with Crippen molar-refractivity contribution in [2.75, 3.05) is 19.7 Å². The van der Waals surface area contributed by atoms with Gasteiger partial charge in [-0.2, -0.15) is 5.10 Å². The minimum Gasteiger partial charge on any atom is -0.491 e. The van der Waals surface area contributed by atoms with E-state index < -0.39 is 5.60 Å². The fraction of sp³-hybridized carbons (Fsp3) is 0.500. The maximum absolute atomic E-state index is 13.0. The highest BCUT2D eigenvalue weighted by Crippen LogP contribution is 2.24. The molecule has 2 heterocycles. The molecule has 0 radical (unpaired) electrons. The number of aryl methyl sites for hydroxylation is 2. The standard InChI is InChI=1S/C20H26FN3O3/c1-23-14-16(13-22-23)3-8-19(25)24-11-2-9-20(26,10-12-24)15-27-18-6-4-17(21)5-7-18/h4-7,13-14,26H,2-3,8-12,15H2,1H3. The molecule has 1 amide bonds. The summed E-state index contributed by atoms with van der Waals surface area (Å²) >= 11 is 0. The number of likely N-dealkylation sites (tertiary alicyclic amines) is 1. The first kappa shape index (κ1) is 19.4. The Morgan fingerprint density at radius 3 is 2.78 bits per heavy atom. The molecule has 7 heteroatoms. The number of benzene rings is 1. The van der Waals surface area contributed by atoms with Crippen molar-refractivity contribution in [3.63, 3.8) is 0 Å². The Morgan fingerprint density at radius 1 is 1.30 bits per heavy atom. The van der Waals surface area contributed by atoms with Crippen LogP contribution < -0.4 is 4.74 Å². The molecule has 1 aliphatic rings. The van der Waals surface area contributed by atoms with E-state index in [1.807, 2.05) is 18.1 Å². The van der Waals surface area contributed by atoms with Crippen LogP contribution in [0.5, 0.6) is 5.75 Å². The molecular weight excluding hydrogens is 349 g/mol. The molecule has 0 saturated carbocycles. The predicted octanol–water partition coefficient (Wildman–Crippen LogP) is 2.31. The quantitative estimate of drug-likeness (QED) is 0.841. The summed E-state index contributed by atoms with van der Waals surface area (Å²) in [5, 5.41) is 14.9. The van der Waals surface area contributed by atoms with Crippen molar-refractivity contribution >= 4 is 5.91 Å². The summed E-state index contributed by atoms with van der Waals surface area (Å²) in [5.74, 6) is 0.303. The van der Waals surface area contributed by atoms with Gasteiger partial charge in [-0.1, -0.05) is 0 Å². The number of carbonyl (C=O) groups is 1. The number of halogens is 1. The van der Waals surface area contributed by atoms with Crippen LogP contribution in [0.4, 0.5) is 4.39 Å². The van der Waals surface area contributed by atoms with Gasteiger partial charge in [0.25, 0.3) is 0 Å². The maximum atomic E-state index is 13.0. The molecular formula is C20H26FN3O3. The minimum absolute atomic E-state index is 0.0996. The topological polar surface area (TPSA) is 67.6 Å². The Labute approximate surface area is 158 Å². The summed E-state index contributed by atoms with van der Waals surface area (Å²) in [5.41, 5.74) is 0.0668. The van der Waals surface area contributed by atoms with Crippen LogP contribution in [0, 0.1) is 5.82 Å². The molecule has 1 aromatic carbocycles. The van der Waals surface area contributed by atoms with Gasteiger partial charge in [0.05, 0.1) is 6.20 Å². The van der Waals surface area contributed by atoms with Gasteiger partial charge in [0, 0.05) is 32.8 Å². The largest absolute Gasteiger partial charge is 0.491 e. The van der Waals surface area contributed by atoms with Gasteiger partial charge in [-0.3, -0.25) is 9.48 Å². The van der Waals surface area contributed by atoms with Gasteiger partial charge in [0.15, 0.2) is 0 Å². The summed E-state index contributed by atoms with van der Waals surface area (Å²) in [6.45, 7) is 1.29. The average Bonchev–Trinajstić information content (AvgIpc) is 2.97. The third-order valence-electron chi connectivity index (χ3n) is 4.98. The van der Waals surface area contributed by atoms with Crippen LogP contribution in [-0.4, -0.2) is 51.0 Å². The number of hydrogen-bond acceptors (Lipinski definition) is 4. The van der Waals surface area contributed by atoms with Crippen molar-refractivity contribution in [2.24, 2.45) is 7.05 Å². The first-order valence-corrected chi connectivity index (χ1v) is 9.30. The first-order chi connectivity index (χ1) is 12.9. The van der Waals surface area contributed by atoms with Crippen molar-refractivity contribution in [3.05, 3.63) is 48.0 Å². The van der Waals surface area contributed by atoms with Gasteiger partial charge in [0.1, 0.15) is 23.8 Å². The van der Waals surface area contributed by atoms with E-state index in [2.05, 4.69) is 5.10 Å². The summed E-state index contributed by atoms with van der Waals surface area (Å²) in [6, 6.07) is 5.75. The average molecular weight is 375 g/mol. The molecule has 1 aromatic heterocycles. The molecule has 1 unspecified atom stereocenters. The van der Waals surface area contributed by atoms with Gasteiger partial charge in [-0.05, 0) is 55.5 Å². The smallest absolute Gasteiger partial charge is 0.222 e. The van der Waals surface area contributed by atoms with E-state index in [1.165, 1.54) is 12.1 Å². The number of hydrogen-bond donors (Lipinski definition) is 1. The molecule has 1 atom stereocenters. The van der Waals surface area contributed by atoms with E-state index in [4.69, 9.17) is 4.74 Å². The molecule has 0 aliphatic carbocycles. The fourth-order valence-electron chi connectivity index (χ4n) is 3.33. The monoisotopic (exact) mass is 375 g/mol. The number of amides is 1.